The van der Waals surface area contributed by atoms with E-state index < -0.39 is 0 Å². The zero-order valence-electron chi connectivity index (χ0n) is 7.60. The molecule has 1 aliphatic carbocycles. The fourth-order valence-electron chi connectivity index (χ4n) is 1.50. The van der Waals surface area contributed by atoms with Crippen molar-refractivity contribution in [3.63, 3.8) is 0 Å². The van der Waals surface area contributed by atoms with Crippen molar-refractivity contribution >= 4 is 22.6 Å². The Morgan fingerprint density at radius 2 is 2.31 bits per heavy atom. The molecule has 1 heterocycles. The summed E-state index contributed by atoms with van der Waals surface area (Å²) < 4.78 is 0.653. The Kier molecular flexibility index (Phi) is 1.98. The molecular formula is C9H11IN2O. The standard InChI is InChI=1S/C9H11IN2O/c1-9(2)3-5(9)7-11-4-6(10)8(13)12-7/h4-5H,3H2,1-2H3,(H,11,12,13). The molecule has 13 heavy (non-hydrogen) atoms. The molecule has 1 unspecified atom stereocenters. The second-order valence-corrected chi connectivity index (χ2v) is 5.35. The number of rotatable bonds is 1. The van der Waals surface area contributed by atoms with Crippen LogP contribution >= 0.6 is 22.6 Å². The van der Waals surface area contributed by atoms with Gasteiger partial charge in [-0.05, 0) is 34.4 Å². The minimum Gasteiger partial charge on any atom is -0.309 e. The van der Waals surface area contributed by atoms with E-state index >= 15 is 0 Å². The van der Waals surface area contributed by atoms with Crippen molar-refractivity contribution in [2.45, 2.75) is 26.2 Å². The molecule has 1 aliphatic rings. The first-order valence-electron chi connectivity index (χ1n) is 4.25. The molecule has 1 aromatic rings. The molecular weight excluding hydrogens is 279 g/mol. The lowest BCUT2D eigenvalue weighted by Gasteiger charge is -2.01. The summed E-state index contributed by atoms with van der Waals surface area (Å²) in [6.07, 6.45) is 2.76. The third-order valence-electron chi connectivity index (χ3n) is 2.62. The fourth-order valence-corrected chi connectivity index (χ4v) is 1.78. The van der Waals surface area contributed by atoms with Crippen LogP contribution in [-0.4, -0.2) is 9.97 Å². The molecule has 70 valence electrons. The summed E-state index contributed by atoms with van der Waals surface area (Å²) in [6, 6.07) is 0. The quantitative estimate of drug-likeness (QED) is 0.803. The zero-order chi connectivity index (χ0) is 9.64. The average Bonchev–Trinajstić information content (AvgIpc) is 2.66. The molecule has 1 N–H and O–H groups in total. The Morgan fingerprint density at radius 1 is 1.69 bits per heavy atom. The van der Waals surface area contributed by atoms with Crippen molar-refractivity contribution in [2.24, 2.45) is 5.41 Å². The van der Waals surface area contributed by atoms with E-state index in [1.807, 2.05) is 22.6 Å². The molecule has 0 bridgehead atoms. The normalized spacial score (nSPS) is 24.4. The predicted molar refractivity (Wildman–Crippen MR) is 58.7 cm³/mol. The van der Waals surface area contributed by atoms with Gasteiger partial charge in [-0.3, -0.25) is 4.79 Å². The number of aromatic amines is 1. The predicted octanol–water partition coefficient (Wildman–Crippen LogP) is 1.89. The molecule has 0 radical (unpaired) electrons. The van der Waals surface area contributed by atoms with E-state index in [2.05, 4.69) is 23.8 Å². The van der Waals surface area contributed by atoms with Crippen LogP contribution in [0.2, 0.25) is 0 Å². The molecule has 0 aliphatic heterocycles. The van der Waals surface area contributed by atoms with Crippen LogP contribution in [0.25, 0.3) is 0 Å². The first-order chi connectivity index (χ1) is 6.00. The molecule has 2 rings (SSSR count). The van der Waals surface area contributed by atoms with Gasteiger partial charge in [0.1, 0.15) is 5.82 Å². The van der Waals surface area contributed by atoms with E-state index in [-0.39, 0.29) is 5.56 Å². The van der Waals surface area contributed by atoms with Crippen LogP contribution in [0.15, 0.2) is 11.0 Å². The van der Waals surface area contributed by atoms with Gasteiger partial charge in [-0.2, -0.15) is 0 Å². The number of hydrogen-bond acceptors (Lipinski definition) is 2. The lowest BCUT2D eigenvalue weighted by molar-refractivity contribution is 0.607. The smallest absolute Gasteiger partial charge is 0.264 e. The summed E-state index contributed by atoms with van der Waals surface area (Å²) in [5.41, 5.74) is 0.302. The van der Waals surface area contributed by atoms with E-state index in [0.717, 1.165) is 12.2 Å². The van der Waals surface area contributed by atoms with Gasteiger partial charge in [-0.15, -0.1) is 0 Å². The fraction of sp³-hybridized carbons (Fsp3) is 0.556. The van der Waals surface area contributed by atoms with Gasteiger partial charge in [0.15, 0.2) is 0 Å². The van der Waals surface area contributed by atoms with Crippen molar-refractivity contribution in [3.05, 3.63) is 25.9 Å². The summed E-state index contributed by atoms with van der Waals surface area (Å²) in [5.74, 6) is 1.28. The average molecular weight is 290 g/mol. The topological polar surface area (TPSA) is 45.8 Å². The van der Waals surface area contributed by atoms with Crippen LogP contribution in [-0.2, 0) is 0 Å². The summed E-state index contributed by atoms with van der Waals surface area (Å²) in [6.45, 7) is 4.38. The number of H-pyrrole nitrogens is 1. The van der Waals surface area contributed by atoms with Crippen molar-refractivity contribution in [1.29, 1.82) is 0 Å². The first kappa shape index (κ1) is 9.18. The molecule has 1 saturated carbocycles. The number of aromatic nitrogens is 2. The van der Waals surface area contributed by atoms with Crippen LogP contribution in [0.5, 0.6) is 0 Å². The highest BCUT2D eigenvalue weighted by atomic mass is 127. The summed E-state index contributed by atoms with van der Waals surface area (Å²) >= 11 is 1.99. The lowest BCUT2D eigenvalue weighted by atomic mass is 10.1. The second kappa shape index (κ2) is 2.80. The van der Waals surface area contributed by atoms with Gasteiger partial charge >= 0.3 is 0 Å². The molecule has 0 aromatic carbocycles. The Labute approximate surface area is 90.1 Å². The maximum atomic E-state index is 11.3. The summed E-state index contributed by atoms with van der Waals surface area (Å²) in [4.78, 5) is 18.3. The Balaban J connectivity index is 2.35. The van der Waals surface area contributed by atoms with Crippen molar-refractivity contribution in [1.82, 2.24) is 9.97 Å². The van der Waals surface area contributed by atoms with Crippen LogP contribution in [0, 0.1) is 8.99 Å². The van der Waals surface area contributed by atoms with Crippen molar-refractivity contribution < 1.29 is 0 Å². The number of halogens is 1. The van der Waals surface area contributed by atoms with Crippen LogP contribution < -0.4 is 5.56 Å². The second-order valence-electron chi connectivity index (χ2n) is 4.19. The Morgan fingerprint density at radius 3 is 2.77 bits per heavy atom. The third-order valence-corrected chi connectivity index (χ3v) is 3.39. The van der Waals surface area contributed by atoms with Crippen molar-refractivity contribution in [3.8, 4) is 0 Å². The highest BCUT2D eigenvalue weighted by molar-refractivity contribution is 14.1. The highest BCUT2D eigenvalue weighted by Gasteiger charge is 2.48. The van der Waals surface area contributed by atoms with Crippen molar-refractivity contribution in [2.75, 3.05) is 0 Å². The van der Waals surface area contributed by atoms with Gasteiger partial charge in [0.25, 0.3) is 5.56 Å². The maximum Gasteiger partial charge on any atom is 0.264 e. The zero-order valence-corrected chi connectivity index (χ0v) is 9.75. The van der Waals surface area contributed by atoms with Crippen LogP contribution in [0.4, 0.5) is 0 Å². The summed E-state index contributed by atoms with van der Waals surface area (Å²) in [7, 11) is 0. The van der Waals surface area contributed by atoms with Crippen LogP contribution in [0.1, 0.15) is 32.0 Å². The minimum absolute atomic E-state index is 0.0201. The van der Waals surface area contributed by atoms with Gasteiger partial charge in [-0.1, -0.05) is 13.8 Å². The van der Waals surface area contributed by atoms with Gasteiger partial charge in [0, 0.05) is 12.1 Å². The van der Waals surface area contributed by atoms with E-state index in [4.69, 9.17) is 0 Å². The van der Waals surface area contributed by atoms with E-state index in [1.165, 1.54) is 0 Å². The monoisotopic (exact) mass is 290 g/mol. The highest BCUT2D eigenvalue weighted by Crippen LogP contribution is 2.57. The maximum absolute atomic E-state index is 11.3. The first-order valence-corrected chi connectivity index (χ1v) is 5.33. The van der Waals surface area contributed by atoms with E-state index in [9.17, 15) is 4.79 Å². The molecule has 0 amide bonds. The number of hydrogen-bond donors (Lipinski definition) is 1. The molecule has 1 aromatic heterocycles. The van der Waals surface area contributed by atoms with Crippen LogP contribution in [0.3, 0.4) is 0 Å². The van der Waals surface area contributed by atoms with E-state index in [0.29, 0.717) is 14.9 Å². The van der Waals surface area contributed by atoms with Gasteiger partial charge in [-0.25, -0.2) is 4.98 Å². The molecule has 0 saturated heterocycles. The van der Waals surface area contributed by atoms with E-state index in [1.54, 1.807) is 6.20 Å². The number of nitrogens with one attached hydrogen (secondary N) is 1. The Bertz CT molecular complexity index is 397. The lowest BCUT2D eigenvalue weighted by Crippen LogP contribution is -2.13. The molecule has 4 heteroatoms. The molecule has 1 fully saturated rings. The largest absolute Gasteiger partial charge is 0.309 e. The van der Waals surface area contributed by atoms with Gasteiger partial charge in [0.05, 0.1) is 3.57 Å². The minimum atomic E-state index is -0.0201. The molecule has 1 atom stereocenters. The number of nitrogens with zero attached hydrogens (tertiary/aromatic N) is 1. The third kappa shape index (κ3) is 1.63. The Hall–Kier alpha value is -0.390. The molecule has 0 spiro atoms. The SMILES string of the molecule is CC1(C)CC1c1ncc(I)c(=O)[nH]1. The van der Waals surface area contributed by atoms with Gasteiger partial charge in [0.2, 0.25) is 0 Å². The van der Waals surface area contributed by atoms with Gasteiger partial charge < -0.3 is 4.98 Å². The molecule has 3 nitrogen and oxygen atoms in total. The summed E-state index contributed by atoms with van der Waals surface area (Å²) in [5, 5.41) is 0.